The number of nitrogens with zero attached hydrogens (tertiary/aromatic N) is 2. The average molecular weight is 346 g/mol. The fourth-order valence-electron chi connectivity index (χ4n) is 3.71. The number of amides is 1. The van der Waals surface area contributed by atoms with Crippen LogP contribution >= 0.6 is 0 Å². The van der Waals surface area contributed by atoms with Crippen LogP contribution in [0.3, 0.4) is 0 Å². The highest BCUT2D eigenvalue weighted by Crippen LogP contribution is 2.24. The number of piperidine rings is 1. The van der Waals surface area contributed by atoms with Crippen LogP contribution in [0.25, 0.3) is 0 Å². The summed E-state index contributed by atoms with van der Waals surface area (Å²) in [6.07, 6.45) is 2.55. The number of carbonyl (C=O) groups is 2. The van der Waals surface area contributed by atoms with Crippen LogP contribution < -0.4 is 0 Å². The minimum absolute atomic E-state index is 0.0437. The maximum Gasteiger partial charge on any atom is 0.410 e. The van der Waals surface area contributed by atoms with Crippen LogP contribution in [0.15, 0.2) is 30.3 Å². The van der Waals surface area contributed by atoms with Gasteiger partial charge in [0.05, 0.1) is 13.0 Å². The zero-order valence-corrected chi connectivity index (χ0v) is 14.7. The molecule has 2 aliphatic heterocycles. The lowest BCUT2D eigenvalue weighted by Crippen LogP contribution is -2.46. The molecule has 136 valence electrons. The molecule has 0 aromatic heterocycles. The maximum absolute atomic E-state index is 12.3. The number of hydrogen-bond acceptors (Lipinski definition) is 5. The van der Waals surface area contributed by atoms with Crippen LogP contribution in [0.2, 0.25) is 0 Å². The summed E-state index contributed by atoms with van der Waals surface area (Å²) in [6, 6.07) is 10.0. The third kappa shape index (κ3) is 4.51. The lowest BCUT2D eigenvalue weighted by molar-refractivity contribution is -0.147. The van der Waals surface area contributed by atoms with Gasteiger partial charge in [0.2, 0.25) is 0 Å². The first kappa shape index (κ1) is 17.7. The van der Waals surface area contributed by atoms with Gasteiger partial charge >= 0.3 is 12.1 Å². The first-order valence-corrected chi connectivity index (χ1v) is 8.95. The van der Waals surface area contributed by atoms with E-state index in [4.69, 9.17) is 9.47 Å². The van der Waals surface area contributed by atoms with Gasteiger partial charge in [-0.25, -0.2) is 4.79 Å². The van der Waals surface area contributed by atoms with Gasteiger partial charge in [0.15, 0.2) is 0 Å². The zero-order valence-electron chi connectivity index (χ0n) is 14.7. The molecule has 25 heavy (non-hydrogen) atoms. The average Bonchev–Trinajstić information content (AvgIpc) is 3.17. The van der Waals surface area contributed by atoms with E-state index >= 15 is 0 Å². The van der Waals surface area contributed by atoms with Gasteiger partial charge in [0.25, 0.3) is 0 Å². The molecule has 0 spiro atoms. The third-order valence-electron chi connectivity index (χ3n) is 5.13. The van der Waals surface area contributed by atoms with Crippen molar-refractivity contribution in [1.82, 2.24) is 9.80 Å². The fourth-order valence-corrected chi connectivity index (χ4v) is 3.71. The van der Waals surface area contributed by atoms with E-state index in [9.17, 15) is 9.59 Å². The van der Waals surface area contributed by atoms with Crippen molar-refractivity contribution in [1.29, 1.82) is 0 Å². The van der Waals surface area contributed by atoms with Crippen molar-refractivity contribution in [2.45, 2.75) is 31.9 Å². The SMILES string of the molecule is COC(=O)[C@H]1CCCN([C@@H]2CCN(C(=O)OCc3ccccc3)C2)C1. The highest BCUT2D eigenvalue weighted by molar-refractivity contribution is 5.72. The lowest BCUT2D eigenvalue weighted by Gasteiger charge is -2.35. The molecule has 2 saturated heterocycles. The summed E-state index contributed by atoms with van der Waals surface area (Å²) < 4.78 is 10.3. The van der Waals surface area contributed by atoms with E-state index in [0.29, 0.717) is 25.7 Å². The molecule has 2 heterocycles. The molecule has 0 bridgehead atoms. The molecular formula is C19H26N2O4. The van der Waals surface area contributed by atoms with Crippen LogP contribution in [0.4, 0.5) is 4.79 Å². The molecule has 1 aromatic rings. The standard InChI is InChI=1S/C19H26N2O4/c1-24-18(22)16-8-5-10-20(12-16)17-9-11-21(13-17)19(23)25-14-15-6-3-2-4-7-15/h2-4,6-7,16-17H,5,8-14H2,1H3/t16-,17+/m0/s1. The highest BCUT2D eigenvalue weighted by atomic mass is 16.6. The van der Waals surface area contributed by atoms with Gasteiger partial charge < -0.3 is 14.4 Å². The molecule has 6 heteroatoms. The van der Waals surface area contributed by atoms with Gasteiger partial charge in [-0.3, -0.25) is 9.69 Å². The molecule has 0 saturated carbocycles. The van der Waals surface area contributed by atoms with Crippen molar-refractivity contribution < 1.29 is 19.1 Å². The van der Waals surface area contributed by atoms with Crippen molar-refractivity contribution in [3.63, 3.8) is 0 Å². The molecule has 0 aliphatic carbocycles. The smallest absolute Gasteiger partial charge is 0.410 e. The van der Waals surface area contributed by atoms with Crippen LogP contribution in [0, 0.1) is 5.92 Å². The minimum atomic E-state index is -0.257. The number of esters is 1. The molecule has 2 aliphatic rings. The van der Waals surface area contributed by atoms with E-state index in [1.165, 1.54) is 7.11 Å². The zero-order chi connectivity index (χ0) is 17.6. The number of hydrogen-bond donors (Lipinski definition) is 0. The molecule has 2 atom stereocenters. The number of carbonyl (C=O) groups excluding carboxylic acids is 2. The Morgan fingerprint density at radius 1 is 1.12 bits per heavy atom. The van der Waals surface area contributed by atoms with Crippen molar-refractivity contribution in [2.24, 2.45) is 5.92 Å². The number of methoxy groups -OCH3 is 1. The Kier molecular flexibility index (Phi) is 5.91. The molecule has 1 aromatic carbocycles. The van der Waals surface area contributed by atoms with E-state index in [2.05, 4.69) is 4.90 Å². The Balaban J connectivity index is 1.47. The maximum atomic E-state index is 12.3. The van der Waals surface area contributed by atoms with Crippen molar-refractivity contribution in [3.05, 3.63) is 35.9 Å². The van der Waals surface area contributed by atoms with E-state index in [-0.39, 0.29) is 18.0 Å². The number of ether oxygens (including phenoxy) is 2. The lowest BCUT2D eigenvalue weighted by atomic mass is 9.96. The molecule has 2 fully saturated rings. The summed E-state index contributed by atoms with van der Waals surface area (Å²) in [6.45, 7) is 3.38. The first-order valence-electron chi connectivity index (χ1n) is 8.95. The Morgan fingerprint density at radius 2 is 1.92 bits per heavy atom. The summed E-state index contributed by atoms with van der Waals surface area (Å²) >= 11 is 0. The second-order valence-corrected chi connectivity index (χ2v) is 6.79. The van der Waals surface area contributed by atoms with E-state index in [0.717, 1.165) is 37.9 Å². The molecule has 0 radical (unpaired) electrons. The monoisotopic (exact) mass is 346 g/mol. The van der Waals surface area contributed by atoms with Gasteiger partial charge in [-0.2, -0.15) is 0 Å². The second kappa shape index (κ2) is 8.34. The third-order valence-corrected chi connectivity index (χ3v) is 5.13. The Labute approximate surface area is 148 Å². The van der Waals surface area contributed by atoms with Crippen LogP contribution in [0.1, 0.15) is 24.8 Å². The molecule has 0 unspecified atom stereocenters. The first-order chi connectivity index (χ1) is 12.2. The van der Waals surface area contributed by atoms with Gasteiger partial charge in [-0.05, 0) is 31.4 Å². The Morgan fingerprint density at radius 3 is 2.68 bits per heavy atom. The van der Waals surface area contributed by atoms with Gasteiger partial charge in [0, 0.05) is 25.7 Å². The number of likely N-dealkylation sites (tertiary alicyclic amines) is 2. The van der Waals surface area contributed by atoms with Gasteiger partial charge in [-0.15, -0.1) is 0 Å². The van der Waals surface area contributed by atoms with E-state index in [1.54, 1.807) is 4.90 Å². The van der Waals surface area contributed by atoms with E-state index in [1.807, 2.05) is 30.3 Å². The van der Waals surface area contributed by atoms with Crippen LogP contribution in [0.5, 0.6) is 0 Å². The topological polar surface area (TPSA) is 59.1 Å². The molecule has 3 rings (SSSR count). The van der Waals surface area contributed by atoms with Crippen LogP contribution in [-0.4, -0.2) is 61.2 Å². The molecule has 6 nitrogen and oxygen atoms in total. The second-order valence-electron chi connectivity index (χ2n) is 6.79. The minimum Gasteiger partial charge on any atom is -0.469 e. The quantitative estimate of drug-likeness (QED) is 0.783. The number of rotatable bonds is 4. The van der Waals surface area contributed by atoms with Crippen molar-refractivity contribution in [2.75, 3.05) is 33.3 Å². The van der Waals surface area contributed by atoms with Crippen molar-refractivity contribution >= 4 is 12.1 Å². The molecule has 0 N–H and O–H groups in total. The predicted molar refractivity (Wildman–Crippen MR) is 92.9 cm³/mol. The van der Waals surface area contributed by atoms with Crippen molar-refractivity contribution in [3.8, 4) is 0 Å². The summed E-state index contributed by atoms with van der Waals surface area (Å²) in [5.74, 6) is -0.167. The summed E-state index contributed by atoms with van der Waals surface area (Å²) in [4.78, 5) is 28.2. The summed E-state index contributed by atoms with van der Waals surface area (Å²) in [5, 5.41) is 0. The summed E-state index contributed by atoms with van der Waals surface area (Å²) in [7, 11) is 1.45. The number of benzene rings is 1. The van der Waals surface area contributed by atoms with E-state index < -0.39 is 0 Å². The van der Waals surface area contributed by atoms with Gasteiger partial charge in [0.1, 0.15) is 6.61 Å². The fraction of sp³-hybridized carbons (Fsp3) is 0.579. The van der Waals surface area contributed by atoms with Gasteiger partial charge in [-0.1, -0.05) is 30.3 Å². The highest BCUT2D eigenvalue weighted by Gasteiger charge is 2.35. The predicted octanol–water partition coefficient (Wildman–Crippen LogP) is 2.28. The Bertz CT molecular complexity index is 592. The summed E-state index contributed by atoms with van der Waals surface area (Å²) in [5.41, 5.74) is 0.989. The molecule has 1 amide bonds. The normalized spacial score (nSPS) is 24.1. The van der Waals surface area contributed by atoms with Crippen LogP contribution in [-0.2, 0) is 20.9 Å². The molecular weight excluding hydrogens is 320 g/mol. The largest absolute Gasteiger partial charge is 0.469 e. The Hall–Kier alpha value is -2.08.